The summed E-state index contributed by atoms with van der Waals surface area (Å²) in [4.78, 5) is 6.40. The molecule has 1 heterocycles. The number of hydrogen-bond acceptors (Lipinski definition) is 5. The predicted octanol–water partition coefficient (Wildman–Crippen LogP) is 1.35. The Labute approximate surface area is 109 Å². The van der Waals surface area contributed by atoms with Gasteiger partial charge in [-0.2, -0.15) is 0 Å². The quantitative estimate of drug-likeness (QED) is 0.732. The molecule has 0 spiro atoms. The van der Waals surface area contributed by atoms with Crippen molar-refractivity contribution in [3.63, 3.8) is 0 Å². The molecule has 0 saturated carbocycles. The number of aliphatic hydroxyl groups is 1. The van der Waals surface area contributed by atoms with E-state index in [0.29, 0.717) is 13.2 Å². The SMILES string of the molecule is CCCNc1cccc(N(C)CC(O)COC)n1. The highest BCUT2D eigenvalue weighted by atomic mass is 16.5. The minimum atomic E-state index is -0.506. The molecule has 1 aromatic heterocycles. The molecule has 5 nitrogen and oxygen atoms in total. The second-order valence-electron chi connectivity index (χ2n) is 4.30. The Morgan fingerprint density at radius 2 is 2.28 bits per heavy atom. The lowest BCUT2D eigenvalue weighted by atomic mass is 10.3. The van der Waals surface area contributed by atoms with Crippen LogP contribution in [0.3, 0.4) is 0 Å². The van der Waals surface area contributed by atoms with Crippen LogP contribution in [-0.4, -0.2) is 50.0 Å². The zero-order valence-electron chi connectivity index (χ0n) is 11.4. The molecular formula is C13H23N3O2. The Hall–Kier alpha value is -1.33. The summed E-state index contributed by atoms with van der Waals surface area (Å²) in [5.41, 5.74) is 0. The zero-order chi connectivity index (χ0) is 13.4. The van der Waals surface area contributed by atoms with Crippen LogP contribution in [0.1, 0.15) is 13.3 Å². The van der Waals surface area contributed by atoms with E-state index < -0.39 is 6.10 Å². The van der Waals surface area contributed by atoms with E-state index in [1.165, 1.54) is 0 Å². The number of nitrogens with one attached hydrogen (secondary N) is 1. The highest BCUT2D eigenvalue weighted by Gasteiger charge is 2.09. The number of rotatable bonds is 8. The lowest BCUT2D eigenvalue weighted by Crippen LogP contribution is -2.32. The zero-order valence-corrected chi connectivity index (χ0v) is 11.4. The van der Waals surface area contributed by atoms with Gasteiger partial charge in [0.25, 0.3) is 0 Å². The number of hydrogen-bond donors (Lipinski definition) is 2. The van der Waals surface area contributed by atoms with Crippen LogP contribution in [0.4, 0.5) is 11.6 Å². The predicted molar refractivity (Wildman–Crippen MR) is 74.2 cm³/mol. The van der Waals surface area contributed by atoms with E-state index in [9.17, 15) is 5.11 Å². The first-order valence-corrected chi connectivity index (χ1v) is 6.26. The summed E-state index contributed by atoms with van der Waals surface area (Å²) in [6, 6.07) is 5.83. The molecule has 1 atom stereocenters. The van der Waals surface area contributed by atoms with Gasteiger partial charge in [0.15, 0.2) is 0 Å². The van der Waals surface area contributed by atoms with Crippen LogP contribution < -0.4 is 10.2 Å². The van der Waals surface area contributed by atoms with Crippen LogP contribution in [0, 0.1) is 0 Å². The Bertz CT molecular complexity index is 347. The first kappa shape index (κ1) is 14.7. The van der Waals surface area contributed by atoms with Gasteiger partial charge in [-0.15, -0.1) is 0 Å². The maximum Gasteiger partial charge on any atom is 0.130 e. The van der Waals surface area contributed by atoms with Crippen molar-refractivity contribution >= 4 is 11.6 Å². The lowest BCUT2D eigenvalue weighted by Gasteiger charge is -2.21. The molecule has 0 aliphatic carbocycles. The molecule has 0 radical (unpaired) electrons. The van der Waals surface area contributed by atoms with Crippen molar-refractivity contribution < 1.29 is 9.84 Å². The van der Waals surface area contributed by atoms with Gasteiger partial charge in [0.1, 0.15) is 11.6 Å². The molecule has 1 aromatic rings. The molecule has 18 heavy (non-hydrogen) atoms. The fraction of sp³-hybridized carbons (Fsp3) is 0.615. The molecule has 5 heteroatoms. The van der Waals surface area contributed by atoms with E-state index in [-0.39, 0.29) is 0 Å². The molecule has 0 amide bonds. The number of ether oxygens (including phenoxy) is 1. The number of likely N-dealkylation sites (N-methyl/N-ethyl adjacent to an activating group) is 1. The van der Waals surface area contributed by atoms with Gasteiger partial charge in [-0.3, -0.25) is 0 Å². The Balaban J connectivity index is 2.58. The fourth-order valence-electron chi connectivity index (χ4n) is 1.64. The molecule has 0 fully saturated rings. The minimum Gasteiger partial charge on any atom is -0.389 e. The van der Waals surface area contributed by atoms with Crippen LogP contribution in [0.25, 0.3) is 0 Å². The van der Waals surface area contributed by atoms with Crippen molar-refractivity contribution in [3.8, 4) is 0 Å². The molecular weight excluding hydrogens is 230 g/mol. The van der Waals surface area contributed by atoms with Crippen LogP contribution in [-0.2, 0) is 4.74 Å². The molecule has 0 saturated heterocycles. The smallest absolute Gasteiger partial charge is 0.130 e. The largest absolute Gasteiger partial charge is 0.389 e. The molecule has 0 aromatic carbocycles. The molecule has 0 aliphatic heterocycles. The van der Waals surface area contributed by atoms with Crippen molar-refractivity contribution in [3.05, 3.63) is 18.2 Å². The number of aliphatic hydroxyl groups excluding tert-OH is 1. The Morgan fingerprint density at radius 3 is 2.94 bits per heavy atom. The van der Waals surface area contributed by atoms with Crippen molar-refractivity contribution in [2.75, 3.05) is 44.1 Å². The molecule has 1 unspecified atom stereocenters. The van der Waals surface area contributed by atoms with E-state index in [4.69, 9.17) is 4.74 Å². The van der Waals surface area contributed by atoms with Crippen LogP contribution in [0.15, 0.2) is 18.2 Å². The van der Waals surface area contributed by atoms with E-state index >= 15 is 0 Å². The monoisotopic (exact) mass is 253 g/mol. The Morgan fingerprint density at radius 1 is 1.50 bits per heavy atom. The van der Waals surface area contributed by atoms with Crippen LogP contribution >= 0.6 is 0 Å². The first-order valence-electron chi connectivity index (χ1n) is 6.26. The van der Waals surface area contributed by atoms with Gasteiger partial charge in [-0.25, -0.2) is 4.98 Å². The highest BCUT2D eigenvalue weighted by Crippen LogP contribution is 2.13. The summed E-state index contributed by atoms with van der Waals surface area (Å²) in [5.74, 6) is 1.70. The van der Waals surface area contributed by atoms with E-state index in [1.54, 1.807) is 7.11 Å². The average Bonchev–Trinajstić information content (AvgIpc) is 2.37. The second kappa shape index (κ2) is 7.89. The molecule has 102 valence electrons. The fourth-order valence-corrected chi connectivity index (χ4v) is 1.64. The number of anilines is 2. The number of aromatic nitrogens is 1. The lowest BCUT2D eigenvalue weighted by molar-refractivity contribution is 0.0694. The van der Waals surface area contributed by atoms with Gasteiger partial charge < -0.3 is 20.1 Å². The normalized spacial score (nSPS) is 12.2. The maximum atomic E-state index is 9.68. The van der Waals surface area contributed by atoms with Gasteiger partial charge in [0.05, 0.1) is 12.7 Å². The summed E-state index contributed by atoms with van der Waals surface area (Å²) >= 11 is 0. The molecule has 0 aliphatic rings. The van der Waals surface area contributed by atoms with Crippen LogP contribution in [0.5, 0.6) is 0 Å². The van der Waals surface area contributed by atoms with Crippen molar-refractivity contribution in [2.45, 2.75) is 19.4 Å². The number of pyridine rings is 1. The van der Waals surface area contributed by atoms with E-state index in [2.05, 4.69) is 17.2 Å². The third-order valence-electron chi connectivity index (χ3n) is 2.53. The van der Waals surface area contributed by atoms with Gasteiger partial charge in [-0.05, 0) is 18.6 Å². The van der Waals surface area contributed by atoms with E-state index in [0.717, 1.165) is 24.6 Å². The topological polar surface area (TPSA) is 57.6 Å². The average molecular weight is 253 g/mol. The summed E-state index contributed by atoms with van der Waals surface area (Å²) in [6.45, 7) is 3.85. The Kier molecular flexibility index (Phi) is 6.46. The summed E-state index contributed by atoms with van der Waals surface area (Å²) in [6.07, 6.45) is 0.558. The van der Waals surface area contributed by atoms with Gasteiger partial charge in [0, 0.05) is 27.2 Å². The number of nitrogens with zero attached hydrogens (tertiary/aromatic N) is 2. The second-order valence-corrected chi connectivity index (χ2v) is 4.30. The van der Waals surface area contributed by atoms with Crippen LogP contribution in [0.2, 0.25) is 0 Å². The molecule has 2 N–H and O–H groups in total. The number of methoxy groups -OCH3 is 1. The van der Waals surface area contributed by atoms with Gasteiger partial charge in [-0.1, -0.05) is 13.0 Å². The third kappa shape index (κ3) is 4.89. The van der Waals surface area contributed by atoms with Gasteiger partial charge >= 0.3 is 0 Å². The van der Waals surface area contributed by atoms with Gasteiger partial charge in [0.2, 0.25) is 0 Å². The first-order chi connectivity index (χ1) is 8.67. The summed E-state index contributed by atoms with van der Waals surface area (Å²) in [5, 5.41) is 12.9. The van der Waals surface area contributed by atoms with Crippen molar-refractivity contribution in [1.29, 1.82) is 0 Å². The minimum absolute atomic E-state index is 0.331. The highest BCUT2D eigenvalue weighted by molar-refractivity contribution is 5.46. The molecule has 0 bridgehead atoms. The van der Waals surface area contributed by atoms with E-state index in [1.807, 2.05) is 30.1 Å². The summed E-state index contributed by atoms with van der Waals surface area (Å²) in [7, 11) is 3.49. The standard InChI is InChI=1S/C13H23N3O2/c1-4-8-14-12-6-5-7-13(15-12)16(2)9-11(17)10-18-3/h5-7,11,17H,4,8-10H2,1-3H3,(H,14,15). The summed E-state index contributed by atoms with van der Waals surface area (Å²) < 4.78 is 4.91. The molecule has 1 rings (SSSR count). The third-order valence-corrected chi connectivity index (χ3v) is 2.53. The van der Waals surface area contributed by atoms with Crippen molar-refractivity contribution in [2.24, 2.45) is 0 Å². The maximum absolute atomic E-state index is 9.68. The van der Waals surface area contributed by atoms with Crippen molar-refractivity contribution in [1.82, 2.24) is 4.98 Å².